The second-order valence-electron chi connectivity index (χ2n) is 3.27. The van der Waals surface area contributed by atoms with Gasteiger partial charge in [-0.2, -0.15) is 0 Å². The van der Waals surface area contributed by atoms with Crippen LogP contribution in [0, 0.1) is 5.82 Å². The van der Waals surface area contributed by atoms with Gasteiger partial charge in [-0.3, -0.25) is 0 Å². The molecule has 3 nitrogen and oxygen atoms in total. The summed E-state index contributed by atoms with van der Waals surface area (Å²) in [5.41, 5.74) is 0.385. The number of benzene rings is 1. The minimum atomic E-state index is -0.541. The van der Waals surface area contributed by atoms with Crippen molar-refractivity contribution in [2.75, 3.05) is 12.4 Å². The quantitative estimate of drug-likeness (QED) is 0.664. The normalized spacial score (nSPS) is 11.2. The van der Waals surface area contributed by atoms with E-state index in [1.54, 1.807) is 6.08 Å². The lowest BCUT2D eigenvalue weighted by Crippen LogP contribution is -2.13. The van der Waals surface area contributed by atoms with Crippen LogP contribution in [0.5, 0.6) is 0 Å². The Morgan fingerprint density at radius 1 is 1.59 bits per heavy atom. The Morgan fingerprint density at radius 3 is 2.82 bits per heavy atom. The van der Waals surface area contributed by atoms with Gasteiger partial charge in [-0.1, -0.05) is 24.6 Å². The van der Waals surface area contributed by atoms with Gasteiger partial charge in [0.15, 0.2) is 0 Å². The van der Waals surface area contributed by atoms with Gasteiger partial charge in [0.2, 0.25) is 0 Å². The molecule has 1 rings (SSSR count). The Balaban J connectivity index is 2.94. The van der Waals surface area contributed by atoms with Crippen molar-refractivity contribution in [3.05, 3.63) is 40.8 Å². The third kappa shape index (κ3) is 3.75. The second-order valence-corrected chi connectivity index (χ2v) is 3.70. The van der Waals surface area contributed by atoms with E-state index in [-0.39, 0.29) is 11.4 Å². The number of anilines is 1. The second kappa shape index (κ2) is 6.25. The summed E-state index contributed by atoms with van der Waals surface area (Å²) in [7, 11) is 1.27. The molecule has 0 spiro atoms. The van der Waals surface area contributed by atoms with E-state index in [0.29, 0.717) is 11.4 Å². The molecule has 0 saturated heterocycles. The molecule has 0 atom stereocenters. The van der Waals surface area contributed by atoms with Crippen LogP contribution in [0.3, 0.4) is 0 Å². The monoisotopic (exact) mass is 257 g/mol. The molecule has 17 heavy (non-hydrogen) atoms. The lowest BCUT2D eigenvalue weighted by molar-refractivity contribution is -0.135. The van der Waals surface area contributed by atoms with Gasteiger partial charge in [0, 0.05) is 5.02 Å². The van der Waals surface area contributed by atoms with Gasteiger partial charge in [-0.25, -0.2) is 9.18 Å². The highest BCUT2D eigenvalue weighted by atomic mass is 35.5. The molecule has 0 aliphatic heterocycles. The van der Waals surface area contributed by atoms with E-state index >= 15 is 0 Å². The Kier molecular flexibility index (Phi) is 4.97. The minimum absolute atomic E-state index is 0.180. The van der Waals surface area contributed by atoms with Crippen LogP contribution in [0.4, 0.5) is 10.1 Å². The number of rotatable bonds is 4. The molecule has 0 bridgehead atoms. The largest absolute Gasteiger partial charge is 0.464 e. The number of nitrogens with one attached hydrogen (secondary N) is 1. The highest BCUT2D eigenvalue weighted by molar-refractivity contribution is 6.30. The van der Waals surface area contributed by atoms with Crippen LogP contribution >= 0.6 is 11.6 Å². The van der Waals surface area contributed by atoms with Crippen molar-refractivity contribution in [3.8, 4) is 0 Å². The van der Waals surface area contributed by atoms with Crippen molar-refractivity contribution in [1.82, 2.24) is 0 Å². The highest BCUT2D eigenvalue weighted by Gasteiger charge is 2.11. The summed E-state index contributed by atoms with van der Waals surface area (Å²) < 4.78 is 18.1. The van der Waals surface area contributed by atoms with Gasteiger partial charge >= 0.3 is 5.97 Å². The first-order valence-electron chi connectivity index (χ1n) is 5.09. The molecule has 1 N–H and O–H groups in total. The Hall–Kier alpha value is -1.55. The molecule has 0 fully saturated rings. The topological polar surface area (TPSA) is 38.3 Å². The molecule has 1 aromatic carbocycles. The van der Waals surface area contributed by atoms with E-state index in [1.165, 1.54) is 25.3 Å². The maximum Gasteiger partial charge on any atom is 0.354 e. The van der Waals surface area contributed by atoms with Crippen LogP contribution < -0.4 is 5.32 Å². The lowest BCUT2D eigenvalue weighted by Gasteiger charge is -2.10. The van der Waals surface area contributed by atoms with Crippen LogP contribution in [0.1, 0.15) is 13.3 Å². The first-order chi connectivity index (χ1) is 8.08. The summed E-state index contributed by atoms with van der Waals surface area (Å²) in [6.07, 6.45) is 2.26. The Bertz CT molecular complexity index is 446. The van der Waals surface area contributed by atoms with Gasteiger partial charge in [0.05, 0.1) is 12.8 Å². The molecule has 0 heterocycles. The van der Waals surface area contributed by atoms with Crippen LogP contribution in [0.15, 0.2) is 30.0 Å². The Morgan fingerprint density at radius 2 is 2.29 bits per heavy atom. The van der Waals surface area contributed by atoms with Crippen molar-refractivity contribution in [2.24, 2.45) is 0 Å². The first-order valence-corrected chi connectivity index (χ1v) is 5.46. The third-order valence-corrected chi connectivity index (χ3v) is 2.25. The fourth-order valence-electron chi connectivity index (χ4n) is 1.24. The summed E-state index contributed by atoms with van der Waals surface area (Å²) in [4.78, 5) is 11.4. The van der Waals surface area contributed by atoms with E-state index in [9.17, 15) is 9.18 Å². The fraction of sp³-hybridized carbons (Fsp3) is 0.250. The fourth-order valence-corrected chi connectivity index (χ4v) is 1.39. The molecule has 0 saturated carbocycles. The minimum Gasteiger partial charge on any atom is -0.464 e. The average molecular weight is 258 g/mol. The van der Waals surface area contributed by atoms with Gasteiger partial charge in [-0.05, 0) is 24.6 Å². The van der Waals surface area contributed by atoms with E-state index in [1.807, 2.05) is 6.92 Å². The molecule has 92 valence electrons. The van der Waals surface area contributed by atoms with E-state index < -0.39 is 11.8 Å². The molecule has 5 heteroatoms. The van der Waals surface area contributed by atoms with Crippen LogP contribution in [0.25, 0.3) is 0 Å². The zero-order valence-corrected chi connectivity index (χ0v) is 10.3. The number of allylic oxidation sites excluding steroid dienone is 1. The summed E-state index contributed by atoms with van der Waals surface area (Å²) in [5.74, 6) is -1.07. The summed E-state index contributed by atoms with van der Waals surface area (Å²) in [5, 5.41) is 2.98. The summed E-state index contributed by atoms with van der Waals surface area (Å²) in [6, 6.07) is 4.17. The molecule has 0 amide bonds. The standard InChI is InChI=1S/C12H13ClFNO2/c1-3-4-11(12(16)17-2)15-10-6-5-8(13)7-9(10)14/h4-7,15H,3H2,1-2H3/b11-4+. The van der Waals surface area contributed by atoms with Crippen molar-refractivity contribution in [2.45, 2.75) is 13.3 Å². The first kappa shape index (κ1) is 13.5. The highest BCUT2D eigenvalue weighted by Crippen LogP contribution is 2.20. The molecule has 0 radical (unpaired) electrons. The summed E-state index contributed by atoms with van der Waals surface area (Å²) >= 11 is 5.63. The van der Waals surface area contributed by atoms with Crippen LogP contribution in [-0.2, 0) is 9.53 Å². The number of methoxy groups -OCH3 is 1. The molecule has 0 aliphatic carbocycles. The SMILES string of the molecule is CC/C=C(/Nc1ccc(Cl)cc1F)C(=O)OC. The van der Waals surface area contributed by atoms with Crippen molar-refractivity contribution in [1.29, 1.82) is 0 Å². The van der Waals surface area contributed by atoms with Gasteiger partial charge in [0.1, 0.15) is 11.5 Å². The van der Waals surface area contributed by atoms with Gasteiger partial charge in [-0.15, -0.1) is 0 Å². The molecular weight excluding hydrogens is 245 g/mol. The predicted octanol–water partition coefficient (Wildman–Crippen LogP) is 3.36. The third-order valence-electron chi connectivity index (χ3n) is 2.01. The van der Waals surface area contributed by atoms with Crippen LogP contribution in [-0.4, -0.2) is 13.1 Å². The van der Waals surface area contributed by atoms with Crippen molar-refractivity contribution in [3.63, 3.8) is 0 Å². The number of hydrogen-bond donors (Lipinski definition) is 1. The number of ether oxygens (including phenoxy) is 1. The smallest absolute Gasteiger partial charge is 0.354 e. The molecule has 0 aliphatic rings. The van der Waals surface area contributed by atoms with Crippen LogP contribution in [0.2, 0.25) is 5.02 Å². The number of halogens is 2. The number of esters is 1. The molecular formula is C12H13ClFNO2. The molecule has 0 aromatic heterocycles. The van der Waals surface area contributed by atoms with Gasteiger partial charge < -0.3 is 10.1 Å². The average Bonchev–Trinajstić information content (AvgIpc) is 2.30. The molecule has 0 unspecified atom stereocenters. The number of hydrogen-bond acceptors (Lipinski definition) is 3. The zero-order chi connectivity index (χ0) is 12.8. The van der Waals surface area contributed by atoms with E-state index in [4.69, 9.17) is 11.6 Å². The van der Waals surface area contributed by atoms with Crippen molar-refractivity contribution >= 4 is 23.3 Å². The lowest BCUT2D eigenvalue weighted by atomic mass is 10.2. The van der Waals surface area contributed by atoms with Crippen molar-refractivity contribution < 1.29 is 13.9 Å². The van der Waals surface area contributed by atoms with E-state index in [2.05, 4.69) is 10.1 Å². The predicted molar refractivity (Wildman–Crippen MR) is 65.4 cm³/mol. The Labute approximate surface area is 104 Å². The maximum absolute atomic E-state index is 13.5. The molecule has 1 aromatic rings. The van der Waals surface area contributed by atoms with Gasteiger partial charge in [0.25, 0.3) is 0 Å². The zero-order valence-electron chi connectivity index (χ0n) is 9.59. The van der Waals surface area contributed by atoms with E-state index in [0.717, 1.165) is 0 Å². The summed E-state index contributed by atoms with van der Waals surface area (Å²) in [6.45, 7) is 1.86. The number of carbonyl (C=O) groups excluding carboxylic acids is 1. The number of carbonyl (C=O) groups is 1. The maximum atomic E-state index is 13.5.